The van der Waals surface area contributed by atoms with E-state index in [0.717, 1.165) is 0 Å². The van der Waals surface area contributed by atoms with Crippen molar-refractivity contribution < 1.29 is 18.0 Å². The average Bonchev–Trinajstić information content (AvgIpc) is 2.72. The van der Waals surface area contributed by atoms with Crippen LogP contribution in [0, 0.1) is 0 Å². The summed E-state index contributed by atoms with van der Waals surface area (Å²) >= 11 is 7.65. The number of thioether (sulfide) groups is 1. The molecule has 0 aliphatic carbocycles. The molecule has 2 aromatic carbocycles. The van der Waals surface area contributed by atoms with Crippen LogP contribution in [0.2, 0.25) is 5.02 Å². The zero-order chi connectivity index (χ0) is 22.9. The normalized spacial score (nSPS) is 12.1. The van der Waals surface area contributed by atoms with Gasteiger partial charge in [-0.2, -0.15) is 11.8 Å². The highest BCUT2D eigenvalue weighted by Gasteiger charge is 2.22. The molecule has 0 saturated heterocycles. The lowest BCUT2D eigenvalue weighted by Crippen LogP contribution is -2.44. The molecule has 2 rings (SSSR count). The monoisotopic (exact) mass is 483 g/mol. The van der Waals surface area contributed by atoms with Crippen LogP contribution < -0.4 is 15.4 Å². The van der Waals surface area contributed by atoms with Gasteiger partial charge in [-0.25, -0.2) is 8.42 Å². The second-order valence-electron chi connectivity index (χ2n) is 6.77. The van der Waals surface area contributed by atoms with Crippen molar-refractivity contribution in [3.8, 4) is 0 Å². The number of amides is 2. The van der Waals surface area contributed by atoms with Gasteiger partial charge in [-0.1, -0.05) is 30.7 Å². The molecule has 31 heavy (non-hydrogen) atoms. The molecule has 2 aromatic rings. The summed E-state index contributed by atoms with van der Waals surface area (Å²) in [7, 11) is -3.39. The first-order valence-corrected chi connectivity index (χ1v) is 13.1. The molecule has 168 valence electrons. The van der Waals surface area contributed by atoms with Gasteiger partial charge in [0.2, 0.25) is 15.9 Å². The van der Waals surface area contributed by atoms with Crippen LogP contribution in [0.25, 0.3) is 0 Å². The van der Waals surface area contributed by atoms with Crippen LogP contribution in [0.15, 0.2) is 48.5 Å². The molecule has 1 atom stereocenters. The van der Waals surface area contributed by atoms with E-state index in [1.54, 1.807) is 67.2 Å². The molecule has 0 aliphatic heterocycles. The van der Waals surface area contributed by atoms with Crippen LogP contribution in [0.3, 0.4) is 0 Å². The molecule has 10 heteroatoms. The molecule has 0 aromatic heterocycles. The minimum absolute atomic E-state index is 0.0355. The number of halogens is 1. The highest BCUT2D eigenvalue weighted by molar-refractivity contribution is 7.98. The first kappa shape index (κ1) is 25.0. The molecule has 0 aliphatic rings. The average molecular weight is 484 g/mol. The van der Waals surface area contributed by atoms with Crippen molar-refractivity contribution in [1.29, 1.82) is 0 Å². The van der Waals surface area contributed by atoms with E-state index in [1.165, 1.54) is 0 Å². The maximum absolute atomic E-state index is 12.8. The maximum atomic E-state index is 12.8. The second-order valence-corrected chi connectivity index (χ2v) is 10.0. The predicted molar refractivity (Wildman–Crippen MR) is 128 cm³/mol. The van der Waals surface area contributed by atoms with Crippen LogP contribution in [0.5, 0.6) is 0 Å². The van der Waals surface area contributed by atoms with Gasteiger partial charge in [0, 0.05) is 11.4 Å². The van der Waals surface area contributed by atoms with E-state index in [9.17, 15) is 18.0 Å². The summed E-state index contributed by atoms with van der Waals surface area (Å²) in [6, 6.07) is 12.2. The van der Waals surface area contributed by atoms with E-state index in [4.69, 9.17) is 11.6 Å². The Morgan fingerprint density at radius 3 is 2.32 bits per heavy atom. The lowest BCUT2D eigenvalue weighted by Gasteiger charge is -2.19. The summed E-state index contributed by atoms with van der Waals surface area (Å²) in [4.78, 5) is 25.4. The van der Waals surface area contributed by atoms with Gasteiger partial charge in [-0.05, 0) is 61.2 Å². The number of nitrogens with one attached hydrogen (secondary N) is 3. The van der Waals surface area contributed by atoms with E-state index < -0.39 is 22.0 Å². The summed E-state index contributed by atoms with van der Waals surface area (Å²) < 4.78 is 26.2. The molecule has 7 nitrogen and oxygen atoms in total. The molecule has 1 unspecified atom stereocenters. The summed E-state index contributed by atoms with van der Waals surface area (Å²) in [5.41, 5.74) is 1.21. The third kappa shape index (κ3) is 8.08. The Bertz CT molecular complexity index is 998. The van der Waals surface area contributed by atoms with Crippen LogP contribution in [0.1, 0.15) is 30.1 Å². The highest BCUT2D eigenvalue weighted by atomic mass is 35.5. The summed E-state index contributed by atoms with van der Waals surface area (Å²) in [5.74, 6) is -0.0754. The second kappa shape index (κ2) is 12.0. The van der Waals surface area contributed by atoms with E-state index in [2.05, 4.69) is 15.4 Å². The molecular formula is C21H26ClN3O4S2. The fourth-order valence-corrected chi connectivity index (χ4v) is 4.56. The molecule has 2 amide bonds. The maximum Gasteiger partial charge on any atom is 0.253 e. The van der Waals surface area contributed by atoms with Crippen molar-refractivity contribution in [2.24, 2.45) is 0 Å². The number of benzene rings is 2. The van der Waals surface area contributed by atoms with Gasteiger partial charge in [0.15, 0.2) is 0 Å². The Kier molecular flexibility index (Phi) is 9.67. The minimum Gasteiger partial charge on any atom is -0.340 e. The molecular weight excluding hydrogens is 458 g/mol. The first-order valence-electron chi connectivity index (χ1n) is 9.71. The summed E-state index contributed by atoms with van der Waals surface area (Å²) in [6.07, 6.45) is 2.88. The lowest BCUT2D eigenvalue weighted by molar-refractivity contribution is -0.118. The molecule has 3 N–H and O–H groups in total. The highest BCUT2D eigenvalue weighted by Crippen LogP contribution is 2.17. The number of carbonyl (C=O) groups excluding carboxylic acids is 2. The smallest absolute Gasteiger partial charge is 0.253 e. The molecule has 0 radical (unpaired) electrons. The van der Waals surface area contributed by atoms with Gasteiger partial charge in [-0.3, -0.25) is 14.3 Å². The topological polar surface area (TPSA) is 104 Å². The summed E-state index contributed by atoms with van der Waals surface area (Å²) in [6.45, 7) is 1.79. The van der Waals surface area contributed by atoms with Crippen molar-refractivity contribution in [3.63, 3.8) is 0 Å². The molecule has 0 fully saturated rings. The Balaban J connectivity index is 2.06. The van der Waals surface area contributed by atoms with E-state index in [1.807, 2.05) is 6.26 Å². The van der Waals surface area contributed by atoms with Gasteiger partial charge < -0.3 is 10.6 Å². The van der Waals surface area contributed by atoms with Crippen molar-refractivity contribution >= 4 is 56.6 Å². The summed E-state index contributed by atoms with van der Waals surface area (Å²) in [5, 5.41) is 5.82. The number of hydrogen-bond acceptors (Lipinski definition) is 5. The number of hydrogen-bond donors (Lipinski definition) is 3. The van der Waals surface area contributed by atoms with Crippen LogP contribution in [0.4, 0.5) is 11.4 Å². The Morgan fingerprint density at radius 2 is 1.71 bits per heavy atom. The molecule has 0 bridgehead atoms. The number of rotatable bonds is 11. The van der Waals surface area contributed by atoms with Gasteiger partial charge in [0.05, 0.1) is 16.3 Å². The Morgan fingerprint density at radius 1 is 1.06 bits per heavy atom. The Labute approximate surface area is 192 Å². The zero-order valence-electron chi connectivity index (χ0n) is 17.4. The molecule has 0 heterocycles. The van der Waals surface area contributed by atoms with Crippen molar-refractivity contribution in [3.05, 3.63) is 59.1 Å². The number of carbonyl (C=O) groups is 2. The minimum atomic E-state index is -3.39. The standard InChI is InChI=1S/C21H26ClN3O4S2/c1-3-14-31(28,29)25-16-10-8-15(9-11-16)23-21(27)19(12-13-30-2)24-20(26)17-6-4-5-7-18(17)22/h4-11,19,25H,3,12-14H2,1-2H3,(H,23,27)(H,24,26). The SMILES string of the molecule is CCCS(=O)(=O)Nc1ccc(NC(=O)C(CCSC)NC(=O)c2ccccc2Cl)cc1. The van der Waals surface area contributed by atoms with Gasteiger partial charge in [-0.15, -0.1) is 0 Å². The van der Waals surface area contributed by atoms with Crippen molar-refractivity contribution in [2.75, 3.05) is 27.8 Å². The van der Waals surface area contributed by atoms with Gasteiger partial charge in [0.25, 0.3) is 5.91 Å². The molecule has 0 spiro atoms. The zero-order valence-corrected chi connectivity index (χ0v) is 19.7. The van der Waals surface area contributed by atoms with E-state index in [0.29, 0.717) is 40.6 Å². The molecule has 0 saturated carbocycles. The number of sulfonamides is 1. The number of anilines is 2. The van der Waals surface area contributed by atoms with Crippen LogP contribution >= 0.6 is 23.4 Å². The van der Waals surface area contributed by atoms with E-state index in [-0.39, 0.29) is 11.7 Å². The third-order valence-electron chi connectivity index (χ3n) is 4.25. The first-order chi connectivity index (χ1) is 14.8. The quantitative estimate of drug-likeness (QED) is 0.448. The fraction of sp³-hybridized carbons (Fsp3) is 0.333. The fourth-order valence-electron chi connectivity index (χ4n) is 2.74. The van der Waals surface area contributed by atoms with Crippen LogP contribution in [-0.2, 0) is 14.8 Å². The van der Waals surface area contributed by atoms with Crippen molar-refractivity contribution in [2.45, 2.75) is 25.8 Å². The van der Waals surface area contributed by atoms with E-state index >= 15 is 0 Å². The van der Waals surface area contributed by atoms with Crippen LogP contribution in [-0.4, -0.2) is 44.0 Å². The van der Waals surface area contributed by atoms with Gasteiger partial charge >= 0.3 is 0 Å². The largest absolute Gasteiger partial charge is 0.340 e. The van der Waals surface area contributed by atoms with Crippen molar-refractivity contribution in [1.82, 2.24) is 5.32 Å². The Hall–Kier alpha value is -2.23. The third-order valence-corrected chi connectivity index (χ3v) is 6.72. The predicted octanol–water partition coefficient (Wildman–Crippen LogP) is 3.98. The van der Waals surface area contributed by atoms with Gasteiger partial charge in [0.1, 0.15) is 6.04 Å². The lowest BCUT2D eigenvalue weighted by atomic mass is 10.1.